The normalized spacial score (nSPS) is 19.5. The summed E-state index contributed by atoms with van der Waals surface area (Å²) < 4.78 is 0. The Balaban J connectivity index is 1.91. The Morgan fingerprint density at radius 3 is 2.86 bits per heavy atom. The van der Waals surface area contributed by atoms with E-state index in [1.54, 1.807) is 23.1 Å². The number of hydrogen-bond donors (Lipinski definition) is 1. The van der Waals surface area contributed by atoms with E-state index in [9.17, 15) is 9.59 Å². The molecule has 0 bridgehead atoms. The Labute approximate surface area is 128 Å². The van der Waals surface area contributed by atoms with Crippen LogP contribution in [0.2, 0.25) is 0 Å². The molecule has 3 rings (SSSR count). The van der Waals surface area contributed by atoms with Crippen LogP contribution in [-0.2, 0) is 0 Å². The van der Waals surface area contributed by atoms with E-state index in [0.717, 1.165) is 19.6 Å². The number of fused-ring (bicyclic) bond motifs is 1. The van der Waals surface area contributed by atoms with Crippen molar-refractivity contribution in [3.8, 4) is 0 Å². The molecule has 1 N–H and O–H groups in total. The molecule has 1 aliphatic heterocycles. The highest BCUT2D eigenvalue weighted by Crippen LogP contribution is 2.13. The van der Waals surface area contributed by atoms with Gasteiger partial charge in [-0.05, 0) is 25.6 Å². The van der Waals surface area contributed by atoms with E-state index in [2.05, 4.69) is 21.8 Å². The molecule has 2 aromatic rings. The van der Waals surface area contributed by atoms with Gasteiger partial charge in [0.25, 0.3) is 11.5 Å². The van der Waals surface area contributed by atoms with Crippen molar-refractivity contribution in [1.29, 1.82) is 0 Å². The number of carbonyl (C=O) groups is 1. The zero-order valence-electron chi connectivity index (χ0n) is 12.9. The SMILES string of the molecule is CCN1CCN(C(=O)c2nc3ccccc3c(=O)[nH]2)C(C)C1. The van der Waals surface area contributed by atoms with Crippen LogP contribution in [0.1, 0.15) is 24.5 Å². The van der Waals surface area contributed by atoms with Gasteiger partial charge in [0.2, 0.25) is 0 Å². The van der Waals surface area contributed by atoms with E-state index in [4.69, 9.17) is 0 Å². The molecule has 6 heteroatoms. The van der Waals surface area contributed by atoms with Crippen molar-refractivity contribution in [2.75, 3.05) is 26.2 Å². The number of piperazine rings is 1. The van der Waals surface area contributed by atoms with Crippen molar-refractivity contribution < 1.29 is 4.79 Å². The molecular formula is C16H20N4O2. The third-order valence-electron chi connectivity index (χ3n) is 4.24. The summed E-state index contributed by atoms with van der Waals surface area (Å²) in [4.78, 5) is 35.8. The molecule has 1 amide bonds. The van der Waals surface area contributed by atoms with E-state index < -0.39 is 0 Å². The van der Waals surface area contributed by atoms with Crippen molar-refractivity contribution in [3.05, 3.63) is 40.4 Å². The van der Waals surface area contributed by atoms with Gasteiger partial charge in [0.1, 0.15) is 0 Å². The van der Waals surface area contributed by atoms with E-state index in [0.29, 0.717) is 17.4 Å². The van der Waals surface area contributed by atoms with Gasteiger partial charge >= 0.3 is 0 Å². The Bertz CT molecular complexity index is 755. The van der Waals surface area contributed by atoms with E-state index in [1.807, 2.05) is 13.0 Å². The zero-order valence-corrected chi connectivity index (χ0v) is 12.9. The first-order valence-electron chi connectivity index (χ1n) is 7.62. The number of carbonyl (C=O) groups excluding carboxylic acids is 1. The van der Waals surface area contributed by atoms with Gasteiger partial charge in [0.05, 0.1) is 10.9 Å². The second kappa shape index (κ2) is 5.88. The zero-order chi connectivity index (χ0) is 15.7. The summed E-state index contributed by atoms with van der Waals surface area (Å²) >= 11 is 0. The summed E-state index contributed by atoms with van der Waals surface area (Å²) in [6.07, 6.45) is 0. The molecule has 0 radical (unpaired) electrons. The number of para-hydroxylation sites is 1. The summed E-state index contributed by atoms with van der Waals surface area (Å²) in [5.74, 6) is -0.0772. The van der Waals surface area contributed by atoms with Crippen molar-refractivity contribution in [1.82, 2.24) is 19.8 Å². The standard InChI is InChI=1S/C16H20N4O2/c1-3-19-8-9-20(11(2)10-19)16(22)14-17-13-7-5-4-6-12(13)15(21)18-14/h4-7,11H,3,8-10H2,1-2H3,(H,17,18,21). The fraction of sp³-hybridized carbons (Fsp3) is 0.438. The van der Waals surface area contributed by atoms with Gasteiger partial charge in [0.15, 0.2) is 5.82 Å². The summed E-state index contributed by atoms with van der Waals surface area (Å²) in [6.45, 7) is 7.48. The van der Waals surface area contributed by atoms with E-state index >= 15 is 0 Å². The van der Waals surface area contributed by atoms with Gasteiger partial charge < -0.3 is 9.88 Å². The first-order chi connectivity index (χ1) is 10.6. The van der Waals surface area contributed by atoms with Gasteiger partial charge in [0, 0.05) is 25.7 Å². The van der Waals surface area contributed by atoms with E-state index in [-0.39, 0.29) is 23.3 Å². The summed E-state index contributed by atoms with van der Waals surface area (Å²) in [5.41, 5.74) is 0.281. The number of hydrogen-bond acceptors (Lipinski definition) is 4. The number of amides is 1. The highest BCUT2D eigenvalue weighted by atomic mass is 16.2. The van der Waals surface area contributed by atoms with Gasteiger partial charge in [-0.25, -0.2) is 4.98 Å². The fourth-order valence-corrected chi connectivity index (χ4v) is 2.95. The molecule has 2 heterocycles. The van der Waals surface area contributed by atoms with Crippen molar-refractivity contribution in [2.24, 2.45) is 0 Å². The Morgan fingerprint density at radius 2 is 2.14 bits per heavy atom. The summed E-state index contributed by atoms with van der Waals surface area (Å²) in [7, 11) is 0. The second-order valence-corrected chi connectivity index (χ2v) is 5.67. The first-order valence-corrected chi connectivity index (χ1v) is 7.62. The Morgan fingerprint density at radius 1 is 1.36 bits per heavy atom. The van der Waals surface area contributed by atoms with Crippen LogP contribution in [0.5, 0.6) is 0 Å². The lowest BCUT2D eigenvalue weighted by Gasteiger charge is -2.39. The summed E-state index contributed by atoms with van der Waals surface area (Å²) in [6, 6.07) is 7.16. The molecule has 1 unspecified atom stereocenters. The van der Waals surface area contributed by atoms with Crippen LogP contribution in [0.15, 0.2) is 29.1 Å². The van der Waals surface area contributed by atoms with Crippen molar-refractivity contribution in [2.45, 2.75) is 19.9 Å². The minimum Gasteiger partial charge on any atom is -0.331 e. The number of nitrogens with zero attached hydrogens (tertiary/aromatic N) is 3. The van der Waals surface area contributed by atoms with Crippen LogP contribution in [0, 0.1) is 0 Å². The minimum absolute atomic E-state index is 0.109. The highest BCUT2D eigenvalue weighted by Gasteiger charge is 2.28. The molecule has 116 valence electrons. The number of aromatic amines is 1. The molecule has 0 saturated carbocycles. The van der Waals surface area contributed by atoms with Crippen LogP contribution in [0.25, 0.3) is 10.9 Å². The van der Waals surface area contributed by atoms with Crippen LogP contribution in [-0.4, -0.2) is 57.9 Å². The Hall–Kier alpha value is -2.21. The number of benzene rings is 1. The second-order valence-electron chi connectivity index (χ2n) is 5.67. The van der Waals surface area contributed by atoms with Gasteiger partial charge in [-0.15, -0.1) is 0 Å². The maximum absolute atomic E-state index is 12.7. The number of H-pyrrole nitrogens is 1. The van der Waals surface area contributed by atoms with Crippen LogP contribution >= 0.6 is 0 Å². The van der Waals surface area contributed by atoms with Gasteiger partial charge in [-0.1, -0.05) is 19.1 Å². The minimum atomic E-state index is -0.270. The molecule has 6 nitrogen and oxygen atoms in total. The molecule has 1 aromatic heterocycles. The maximum Gasteiger partial charge on any atom is 0.290 e. The number of rotatable bonds is 2. The quantitative estimate of drug-likeness (QED) is 0.901. The predicted octanol–water partition coefficient (Wildman–Crippen LogP) is 1.09. The molecule has 1 aliphatic rings. The third kappa shape index (κ3) is 2.62. The summed E-state index contributed by atoms with van der Waals surface area (Å²) in [5, 5.41) is 0.503. The number of aromatic nitrogens is 2. The smallest absolute Gasteiger partial charge is 0.290 e. The van der Waals surface area contributed by atoms with Gasteiger partial charge in [-0.2, -0.15) is 0 Å². The van der Waals surface area contributed by atoms with Crippen LogP contribution in [0.3, 0.4) is 0 Å². The average molecular weight is 300 g/mol. The average Bonchev–Trinajstić information content (AvgIpc) is 2.54. The van der Waals surface area contributed by atoms with Crippen LogP contribution < -0.4 is 5.56 Å². The molecule has 1 aromatic carbocycles. The topological polar surface area (TPSA) is 69.3 Å². The lowest BCUT2D eigenvalue weighted by Crippen LogP contribution is -2.54. The molecule has 0 aliphatic carbocycles. The lowest BCUT2D eigenvalue weighted by atomic mass is 10.2. The predicted molar refractivity (Wildman–Crippen MR) is 85.0 cm³/mol. The molecule has 1 fully saturated rings. The molecule has 22 heavy (non-hydrogen) atoms. The van der Waals surface area contributed by atoms with E-state index in [1.165, 1.54) is 0 Å². The lowest BCUT2D eigenvalue weighted by molar-refractivity contribution is 0.0488. The molecule has 1 atom stereocenters. The molecular weight excluding hydrogens is 280 g/mol. The largest absolute Gasteiger partial charge is 0.331 e. The van der Waals surface area contributed by atoms with Crippen molar-refractivity contribution in [3.63, 3.8) is 0 Å². The fourth-order valence-electron chi connectivity index (χ4n) is 2.95. The maximum atomic E-state index is 12.7. The van der Waals surface area contributed by atoms with Crippen LogP contribution in [0.4, 0.5) is 0 Å². The number of likely N-dealkylation sites (N-methyl/N-ethyl adjacent to an activating group) is 1. The molecule has 0 spiro atoms. The third-order valence-corrected chi connectivity index (χ3v) is 4.24. The number of nitrogens with one attached hydrogen (secondary N) is 1. The van der Waals surface area contributed by atoms with Gasteiger partial charge in [-0.3, -0.25) is 14.5 Å². The highest BCUT2D eigenvalue weighted by molar-refractivity contribution is 5.92. The monoisotopic (exact) mass is 300 g/mol. The first kappa shape index (κ1) is 14.7. The van der Waals surface area contributed by atoms with Crippen molar-refractivity contribution >= 4 is 16.8 Å². The Kier molecular flexibility index (Phi) is 3.94. The molecule has 1 saturated heterocycles.